The number of oxazole rings is 1. The van der Waals surface area contributed by atoms with E-state index in [9.17, 15) is 8.78 Å². The van der Waals surface area contributed by atoms with Crippen LogP contribution in [0.3, 0.4) is 0 Å². The van der Waals surface area contributed by atoms with E-state index in [1.54, 1.807) is 0 Å². The molecule has 0 saturated heterocycles. The van der Waals surface area contributed by atoms with E-state index >= 15 is 0 Å². The summed E-state index contributed by atoms with van der Waals surface area (Å²) in [5.41, 5.74) is 5.54. The smallest absolute Gasteiger partial charge is 0.292 e. The first-order valence-corrected chi connectivity index (χ1v) is 4.37. The Bertz CT molecular complexity index is 526. The van der Waals surface area contributed by atoms with Crippen LogP contribution in [0.5, 0.6) is 5.75 Å². The highest BCUT2D eigenvalue weighted by Crippen LogP contribution is 2.34. The highest BCUT2D eigenvalue weighted by molar-refractivity contribution is 5.66. The Balaban J connectivity index is 2.61. The molecule has 0 amide bonds. The van der Waals surface area contributed by atoms with Crippen molar-refractivity contribution in [2.24, 2.45) is 0 Å². The largest absolute Gasteiger partial charge is 0.493 e. The molecule has 2 N–H and O–H groups in total. The van der Waals surface area contributed by atoms with Gasteiger partial charge < -0.3 is 14.9 Å². The van der Waals surface area contributed by atoms with Gasteiger partial charge in [-0.2, -0.15) is 4.39 Å². The number of anilines is 1. The van der Waals surface area contributed by atoms with Crippen LogP contribution in [0.25, 0.3) is 11.3 Å². The number of methoxy groups -OCH3 is 1. The fraction of sp³-hybridized carbons (Fsp3) is 0.100. The van der Waals surface area contributed by atoms with Crippen LogP contribution < -0.4 is 10.5 Å². The average Bonchev–Trinajstić information content (AvgIpc) is 2.68. The number of halogens is 2. The van der Waals surface area contributed by atoms with E-state index in [1.807, 2.05) is 0 Å². The van der Waals surface area contributed by atoms with Crippen molar-refractivity contribution in [2.45, 2.75) is 0 Å². The second-order valence-electron chi connectivity index (χ2n) is 3.00. The van der Waals surface area contributed by atoms with E-state index in [4.69, 9.17) is 14.9 Å². The Morgan fingerprint density at radius 3 is 2.69 bits per heavy atom. The van der Waals surface area contributed by atoms with Gasteiger partial charge in [-0.05, 0) is 12.1 Å². The van der Waals surface area contributed by atoms with Crippen LogP contribution in [-0.4, -0.2) is 12.1 Å². The van der Waals surface area contributed by atoms with Gasteiger partial charge in [0, 0.05) is 0 Å². The lowest BCUT2D eigenvalue weighted by Gasteiger charge is -2.07. The van der Waals surface area contributed by atoms with E-state index in [2.05, 4.69) is 4.98 Å². The van der Waals surface area contributed by atoms with Gasteiger partial charge in [0.2, 0.25) is 5.82 Å². The maximum absolute atomic E-state index is 13.4. The normalized spacial score (nSPS) is 10.4. The van der Waals surface area contributed by atoms with E-state index in [1.165, 1.54) is 19.4 Å². The number of benzene rings is 1. The van der Waals surface area contributed by atoms with Crippen molar-refractivity contribution < 1.29 is 17.9 Å². The predicted molar refractivity (Wildman–Crippen MR) is 52.8 cm³/mol. The third-order valence-corrected chi connectivity index (χ3v) is 2.04. The number of ether oxygens (including phenoxy) is 1. The van der Waals surface area contributed by atoms with E-state index < -0.39 is 11.6 Å². The van der Waals surface area contributed by atoms with Crippen molar-refractivity contribution >= 4 is 6.01 Å². The number of aromatic nitrogens is 1. The van der Waals surface area contributed by atoms with Crippen molar-refractivity contribution in [1.29, 1.82) is 0 Å². The Morgan fingerprint density at radius 1 is 1.38 bits per heavy atom. The second kappa shape index (κ2) is 3.80. The van der Waals surface area contributed by atoms with E-state index in [-0.39, 0.29) is 23.1 Å². The number of nitrogens with two attached hydrogens (primary N) is 1. The summed E-state index contributed by atoms with van der Waals surface area (Å²) >= 11 is 0. The first-order valence-electron chi connectivity index (χ1n) is 4.37. The zero-order chi connectivity index (χ0) is 11.7. The topological polar surface area (TPSA) is 61.3 Å². The molecule has 0 aliphatic carbocycles. The molecule has 0 spiro atoms. The minimum Gasteiger partial charge on any atom is -0.493 e. The van der Waals surface area contributed by atoms with Gasteiger partial charge in [0.1, 0.15) is 0 Å². The lowest BCUT2D eigenvalue weighted by Crippen LogP contribution is -1.94. The Kier molecular flexibility index (Phi) is 2.47. The second-order valence-corrected chi connectivity index (χ2v) is 3.00. The summed E-state index contributed by atoms with van der Waals surface area (Å²) in [7, 11) is 1.24. The molecule has 4 nitrogen and oxygen atoms in total. The molecule has 0 aliphatic heterocycles. The molecule has 1 heterocycles. The lowest BCUT2D eigenvalue weighted by molar-refractivity contribution is 0.372. The molecule has 0 atom stereocenters. The first kappa shape index (κ1) is 10.4. The maximum atomic E-state index is 13.4. The predicted octanol–water partition coefficient (Wildman–Crippen LogP) is 2.21. The average molecular weight is 226 g/mol. The lowest BCUT2D eigenvalue weighted by atomic mass is 10.1. The van der Waals surface area contributed by atoms with Gasteiger partial charge in [-0.1, -0.05) is 0 Å². The minimum atomic E-state index is -1.07. The first-order chi connectivity index (χ1) is 7.63. The Hall–Kier alpha value is -2.11. The third kappa shape index (κ3) is 1.58. The molecule has 2 aromatic rings. The molecular weight excluding hydrogens is 218 g/mol. The molecule has 6 heteroatoms. The maximum Gasteiger partial charge on any atom is 0.292 e. The quantitative estimate of drug-likeness (QED) is 0.852. The summed E-state index contributed by atoms with van der Waals surface area (Å²) in [6.07, 6.45) is 1.31. The molecule has 0 radical (unpaired) electrons. The fourth-order valence-electron chi connectivity index (χ4n) is 1.34. The highest BCUT2D eigenvalue weighted by Gasteiger charge is 2.17. The van der Waals surface area contributed by atoms with Crippen LogP contribution >= 0.6 is 0 Å². The van der Waals surface area contributed by atoms with Crippen molar-refractivity contribution in [3.63, 3.8) is 0 Å². The molecule has 0 bridgehead atoms. The zero-order valence-electron chi connectivity index (χ0n) is 8.33. The van der Waals surface area contributed by atoms with Gasteiger partial charge >= 0.3 is 0 Å². The van der Waals surface area contributed by atoms with Crippen LogP contribution in [0, 0.1) is 11.6 Å². The van der Waals surface area contributed by atoms with Crippen LogP contribution in [0.2, 0.25) is 0 Å². The SMILES string of the molecule is COc1c(-c2cnc(N)o2)ccc(F)c1F. The van der Waals surface area contributed by atoms with Crippen LogP contribution in [-0.2, 0) is 0 Å². The van der Waals surface area contributed by atoms with Crippen molar-refractivity contribution in [2.75, 3.05) is 12.8 Å². The summed E-state index contributed by atoms with van der Waals surface area (Å²) in [4.78, 5) is 3.66. The number of nitrogens with zero attached hydrogens (tertiary/aromatic N) is 1. The molecule has 0 saturated carbocycles. The summed E-state index contributed by atoms with van der Waals surface area (Å²) in [5, 5.41) is 0. The zero-order valence-corrected chi connectivity index (χ0v) is 8.33. The number of hydrogen-bond donors (Lipinski definition) is 1. The Labute approximate surface area is 89.7 Å². The molecule has 0 aliphatic rings. The highest BCUT2D eigenvalue weighted by atomic mass is 19.2. The fourth-order valence-corrected chi connectivity index (χ4v) is 1.34. The van der Waals surface area contributed by atoms with Crippen molar-refractivity contribution in [3.8, 4) is 17.1 Å². The third-order valence-electron chi connectivity index (χ3n) is 2.04. The monoisotopic (exact) mass is 226 g/mol. The standard InChI is InChI=1S/C10H8F2N2O2/c1-15-9-5(2-3-6(11)8(9)12)7-4-14-10(13)16-7/h2-4H,1H3,(H2,13,14). The minimum absolute atomic E-state index is 0.0539. The molecular formula is C10H8F2N2O2. The van der Waals surface area contributed by atoms with Gasteiger partial charge in [-0.15, -0.1) is 0 Å². The van der Waals surface area contributed by atoms with Crippen LogP contribution in [0.1, 0.15) is 0 Å². The molecule has 0 unspecified atom stereocenters. The summed E-state index contributed by atoms with van der Waals surface area (Å²) < 4.78 is 36.1. The van der Waals surface area contributed by atoms with E-state index in [0.717, 1.165) is 6.07 Å². The van der Waals surface area contributed by atoms with Crippen molar-refractivity contribution in [3.05, 3.63) is 30.0 Å². The molecule has 0 fully saturated rings. The summed E-state index contributed by atoms with van der Waals surface area (Å²) in [6, 6.07) is 2.25. The van der Waals surface area contributed by atoms with Gasteiger partial charge in [0.05, 0.1) is 18.9 Å². The number of rotatable bonds is 2. The molecule has 84 valence electrons. The van der Waals surface area contributed by atoms with Gasteiger partial charge in [-0.3, -0.25) is 0 Å². The van der Waals surface area contributed by atoms with Crippen molar-refractivity contribution in [1.82, 2.24) is 4.98 Å². The molecule has 16 heavy (non-hydrogen) atoms. The number of hydrogen-bond acceptors (Lipinski definition) is 4. The molecule has 2 rings (SSSR count). The van der Waals surface area contributed by atoms with E-state index in [0.29, 0.717) is 0 Å². The Morgan fingerprint density at radius 2 is 2.12 bits per heavy atom. The van der Waals surface area contributed by atoms with Gasteiger partial charge in [-0.25, -0.2) is 9.37 Å². The van der Waals surface area contributed by atoms with Crippen LogP contribution in [0.4, 0.5) is 14.8 Å². The van der Waals surface area contributed by atoms with Gasteiger partial charge in [0.25, 0.3) is 6.01 Å². The summed E-state index contributed by atoms with van der Waals surface area (Å²) in [5.74, 6) is -2.09. The number of nitrogen functional groups attached to an aromatic ring is 1. The van der Waals surface area contributed by atoms with Gasteiger partial charge in [0.15, 0.2) is 17.3 Å². The molecule has 1 aromatic carbocycles. The summed E-state index contributed by atoms with van der Waals surface area (Å²) in [6.45, 7) is 0. The molecule has 1 aromatic heterocycles. The van der Waals surface area contributed by atoms with Crippen LogP contribution in [0.15, 0.2) is 22.7 Å².